The monoisotopic (exact) mass is 201 g/mol. The minimum absolute atomic E-state index is 0.976. The van der Waals surface area contributed by atoms with Crippen molar-refractivity contribution in [3.63, 3.8) is 0 Å². The van der Waals surface area contributed by atoms with E-state index in [0.29, 0.717) is 0 Å². The molecular formula is C11H23NS. The molecule has 0 spiro atoms. The SMILES string of the molecule is C1CCC(SN2CCC2)CC1.CC. The van der Waals surface area contributed by atoms with Gasteiger partial charge in [0.25, 0.3) is 0 Å². The van der Waals surface area contributed by atoms with E-state index in [-0.39, 0.29) is 0 Å². The first-order valence-electron chi connectivity index (χ1n) is 5.87. The molecule has 2 aliphatic rings. The second-order valence-electron chi connectivity index (χ2n) is 3.65. The molecular weight excluding hydrogens is 178 g/mol. The number of hydrogen-bond donors (Lipinski definition) is 0. The van der Waals surface area contributed by atoms with E-state index < -0.39 is 0 Å². The minimum atomic E-state index is 0.976. The molecule has 0 radical (unpaired) electrons. The molecule has 0 amide bonds. The number of nitrogens with zero attached hydrogens (tertiary/aromatic N) is 1. The van der Waals surface area contributed by atoms with Crippen LogP contribution in [0, 0.1) is 0 Å². The van der Waals surface area contributed by atoms with Gasteiger partial charge in [0.15, 0.2) is 0 Å². The van der Waals surface area contributed by atoms with Crippen molar-refractivity contribution in [1.29, 1.82) is 0 Å². The average Bonchev–Trinajstić information content (AvgIpc) is 2.17. The van der Waals surface area contributed by atoms with Crippen LogP contribution in [-0.4, -0.2) is 22.6 Å². The van der Waals surface area contributed by atoms with Crippen molar-refractivity contribution in [2.24, 2.45) is 0 Å². The van der Waals surface area contributed by atoms with Gasteiger partial charge in [0.1, 0.15) is 0 Å². The summed E-state index contributed by atoms with van der Waals surface area (Å²) >= 11 is 2.14. The molecule has 1 saturated carbocycles. The average molecular weight is 201 g/mol. The molecule has 1 heterocycles. The Hall–Kier alpha value is 0.310. The highest BCUT2D eigenvalue weighted by molar-refractivity contribution is 7.97. The molecule has 1 aliphatic carbocycles. The molecule has 0 atom stereocenters. The molecule has 0 bridgehead atoms. The van der Waals surface area contributed by atoms with E-state index in [1.165, 1.54) is 51.6 Å². The zero-order valence-electron chi connectivity index (χ0n) is 9.09. The molecule has 0 unspecified atom stereocenters. The second-order valence-corrected chi connectivity index (χ2v) is 5.04. The van der Waals surface area contributed by atoms with Crippen LogP contribution in [0.2, 0.25) is 0 Å². The highest BCUT2D eigenvalue weighted by Gasteiger charge is 2.21. The quantitative estimate of drug-likeness (QED) is 0.627. The van der Waals surface area contributed by atoms with Crippen molar-refractivity contribution in [2.45, 2.75) is 57.6 Å². The zero-order valence-corrected chi connectivity index (χ0v) is 9.91. The van der Waals surface area contributed by atoms with Gasteiger partial charge in [-0.15, -0.1) is 0 Å². The Morgan fingerprint density at radius 2 is 1.54 bits per heavy atom. The fourth-order valence-electron chi connectivity index (χ4n) is 1.77. The zero-order chi connectivity index (χ0) is 9.52. The van der Waals surface area contributed by atoms with Crippen LogP contribution in [0.1, 0.15) is 52.4 Å². The molecule has 1 saturated heterocycles. The van der Waals surface area contributed by atoms with Gasteiger partial charge in [-0.1, -0.05) is 45.1 Å². The van der Waals surface area contributed by atoms with Gasteiger partial charge in [-0.05, 0) is 19.3 Å². The van der Waals surface area contributed by atoms with Gasteiger partial charge in [0, 0.05) is 18.3 Å². The fraction of sp³-hybridized carbons (Fsp3) is 1.00. The van der Waals surface area contributed by atoms with Crippen LogP contribution in [0.25, 0.3) is 0 Å². The van der Waals surface area contributed by atoms with E-state index >= 15 is 0 Å². The van der Waals surface area contributed by atoms with E-state index in [1.54, 1.807) is 0 Å². The normalized spacial score (nSPS) is 24.5. The molecule has 2 fully saturated rings. The third-order valence-electron chi connectivity index (χ3n) is 2.67. The minimum Gasteiger partial charge on any atom is -0.250 e. The molecule has 0 N–H and O–H groups in total. The highest BCUT2D eigenvalue weighted by atomic mass is 32.2. The van der Waals surface area contributed by atoms with E-state index in [9.17, 15) is 0 Å². The van der Waals surface area contributed by atoms with Crippen LogP contribution in [0.5, 0.6) is 0 Å². The largest absolute Gasteiger partial charge is 0.250 e. The Bertz CT molecular complexity index is 117. The Labute approximate surface area is 87.4 Å². The standard InChI is InChI=1S/C9H17NS.C2H6/c1-2-5-9(6-3-1)11-10-7-4-8-10;1-2/h9H,1-8H2;1-2H3. The van der Waals surface area contributed by atoms with Gasteiger partial charge in [0.05, 0.1) is 0 Å². The molecule has 2 heteroatoms. The van der Waals surface area contributed by atoms with E-state index in [2.05, 4.69) is 16.3 Å². The molecule has 1 aliphatic heterocycles. The van der Waals surface area contributed by atoms with E-state index in [1.807, 2.05) is 13.8 Å². The summed E-state index contributed by atoms with van der Waals surface area (Å²) in [6.45, 7) is 6.70. The summed E-state index contributed by atoms with van der Waals surface area (Å²) in [6.07, 6.45) is 8.82. The molecule has 0 aromatic heterocycles. The van der Waals surface area contributed by atoms with Gasteiger partial charge in [-0.3, -0.25) is 4.31 Å². The van der Waals surface area contributed by atoms with Gasteiger partial charge < -0.3 is 0 Å². The van der Waals surface area contributed by atoms with Crippen LogP contribution < -0.4 is 0 Å². The lowest BCUT2D eigenvalue weighted by Crippen LogP contribution is -2.33. The number of hydrogen-bond acceptors (Lipinski definition) is 2. The summed E-state index contributed by atoms with van der Waals surface area (Å²) in [5.41, 5.74) is 0. The van der Waals surface area contributed by atoms with Crippen LogP contribution in [-0.2, 0) is 0 Å². The van der Waals surface area contributed by atoms with Crippen LogP contribution >= 0.6 is 11.9 Å². The Morgan fingerprint density at radius 3 is 2.00 bits per heavy atom. The van der Waals surface area contributed by atoms with Crippen molar-refractivity contribution in [3.8, 4) is 0 Å². The third-order valence-corrected chi connectivity index (χ3v) is 4.10. The summed E-state index contributed by atoms with van der Waals surface area (Å²) in [5.74, 6) is 0. The van der Waals surface area contributed by atoms with Crippen LogP contribution in [0.15, 0.2) is 0 Å². The van der Waals surface area contributed by atoms with Crippen molar-refractivity contribution in [3.05, 3.63) is 0 Å². The predicted octanol–water partition coefficient (Wildman–Crippen LogP) is 3.70. The maximum Gasteiger partial charge on any atom is 0.0195 e. The molecule has 13 heavy (non-hydrogen) atoms. The summed E-state index contributed by atoms with van der Waals surface area (Å²) in [7, 11) is 0. The van der Waals surface area contributed by atoms with Gasteiger partial charge in [0.2, 0.25) is 0 Å². The predicted molar refractivity (Wildman–Crippen MR) is 62.0 cm³/mol. The fourth-order valence-corrected chi connectivity index (χ4v) is 3.21. The highest BCUT2D eigenvalue weighted by Crippen LogP contribution is 2.32. The lowest BCUT2D eigenvalue weighted by Gasteiger charge is -2.34. The Kier molecular flexibility index (Phi) is 5.88. The van der Waals surface area contributed by atoms with Crippen molar-refractivity contribution in [1.82, 2.24) is 4.31 Å². The molecule has 78 valence electrons. The summed E-state index contributed by atoms with van der Waals surface area (Å²) in [4.78, 5) is 0. The topological polar surface area (TPSA) is 3.24 Å². The molecule has 0 aromatic carbocycles. The van der Waals surface area contributed by atoms with E-state index in [0.717, 1.165) is 5.25 Å². The first-order valence-corrected chi connectivity index (χ1v) is 6.70. The number of rotatable bonds is 2. The van der Waals surface area contributed by atoms with Gasteiger partial charge >= 0.3 is 0 Å². The molecule has 1 nitrogen and oxygen atoms in total. The van der Waals surface area contributed by atoms with Crippen LogP contribution in [0.4, 0.5) is 0 Å². The second kappa shape index (κ2) is 6.72. The summed E-state index contributed by atoms with van der Waals surface area (Å²) in [6, 6.07) is 0. The molecule has 0 aromatic rings. The van der Waals surface area contributed by atoms with Crippen molar-refractivity contribution >= 4 is 11.9 Å². The van der Waals surface area contributed by atoms with Crippen molar-refractivity contribution in [2.75, 3.05) is 13.1 Å². The summed E-state index contributed by atoms with van der Waals surface area (Å²) in [5, 5.41) is 0.976. The lowest BCUT2D eigenvalue weighted by molar-refractivity contribution is 0.338. The van der Waals surface area contributed by atoms with Gasteiger partial charge in [-0.2, -0.15) is 0 Å². The maximum absolute atomic E-state index is 2.54. The smallest absolute Gasteiger partial charge is 0.0195 e. The Balaban J connectivity index is 0.000000396. The third kappa shape index (κ3) is 3.90. The first kappa shape index (κ1) is 11.4. The van der Waals surface area contributed by atoms with Crippen LogP contribution in [0.3, 0.4) is 0 Å². The lowest BCUT2D eigenvalue weighted by atomic mass is 10.0. The van der Waals surface area contributed by atoms with Crippen molar-refractivity contribution < 1.29 is 0 Å². The molecule has 2 rings (SSSR count). The first-order chi connectivity index (χ1) is 6.45. The van der Waals surface area contributed by atoms with Gasteiger partial charge in [-0.25, -0.2) is 0 Å². The maximum atomic E-state index is 2.54. The summed E-state index contributed by atoms with van der Waals surface area (Å²) < 4.78 is 2.54. The van der Waals surface area contributed by atoms with E-state index in [4.69, 9.17) is 0 Å². The Morgan fingerprint density at radius 1 is 0.923 bits per heavy atom.